The second kappa shape index (κ2) is 11.0. The third kappa shape index (κ3) is 6.64. The molecule has 1 unspecified atom stereocenters. The minimum atomic E-state index is -0.0355. The van der Waals surface area contributed by atoms with Gasteiger partial charge >= 0.3 is 0 Å². The summed E-state index contributed by atoms with van der Waals surface area (Å²) in [4.78, 5) is 11.1. The van der Waals surface area contributed by atoms with Gasteiger partial charge in [-0.05, 0) is 32.0 Å². The maximum Gasteiger partial charge on any atom is 0.191 e. The van der Waals surface area contributed by atoms with Crippen molar-refractivity contribution in [3.8, 4) is 11.5 Å². The third-order valence-electron chi connectivity index (χ3n) is 3.98. The largest absolute Gasteiger partial charge is 0.497 e. The van der Waals surface area contributed by atoms with Crippen molar-refractivity contribution in [2.24, 2.45) is 4.99 Å². The molecule has 1 aromatic heterocycles. The summed E-state index contributed by atoms with van der Waals surface area (Å²) in [7, 11) is 5.61. The number of aromatic nitrogens is 1. The monoisotopic (exact) mass is 385 g/mol. The Labute approximate surface area is 167 Å². The van der Waals surface area contributed by atoms with Crippen molar-refractivity contribution in [3.05, 3.63) is 48.2 Å². The molecular formula is C21H31N5O2. The quantitative estimate of drug-likeness (QED) is 0.511. The molecule has 0 saturated carbocycles. The maximum absolute atomic E-state index is 5.96. The lowest BCUT2D eigenvalue weighted by molar-refractivity contribution is 0.223. The van der Waals surface area contributed by atoms with Crippen LogP contribution in [0.15, 0.2) is 47.6 Å². The van der Waals surface area contributed by atoms with Gasteiger partial charge in [0.1, 0.15) is 23.4 Å². The van der Waals surface area contributed by atoms with E-state index in [1.807, 2.05) is 69.2 Å². The molecule has 7 nitrogen and oxygen atoms in total. The summed E-state index contributed by atoms with van der Waals surface area (Å²) in [6.45, 7) is 6.01. The lowest BCUT2D eigenvalue weighted by Gasteiger charge is -2.18. The van der Waals surface area contributed by atoms with Crippen LogP contribution in [0.3, 0.4) is 0 Å². The topological polar surface area (TPSA) is 71.0 Å². The summed E-state index contributed by atoms with van der Waals surface area (Å²) in [5.41, 5.74) is 1.07. The Hall–Kier alpha value is -2.96. The van der Waals surface area contributed by atoms with E-state index in [2.05, 4.69) is 20.6 Å². The molecule has 0 bridgehead atoms. The number of ether oxygens (including phenoxy) is 2. The van der Waals surface area contributed by atoms with Crippen LogP contribution in [-0.4, -0.2) is 51.3 Å². The van der Waals surface area contributed by atoms with Crippen molar-refractivity contribution in [2.45, 2.75) is 26.5 Å². The molecule has 0 saturated heterocycles. The summed E-state index contributed by atoms with van der Waals surface area (Å²) in [5, 5.41) is 6.61. The Bertz CT molecular complexity index is 764. The number of anilines is 1. The Morgan fingerprint density at radius 1 is 1.18 bits per heavy atom. The van der Waals surface area contributed by atoms with Crippen LogP contribution in [0.4, 0.5) is 5.82 Å². The van der Waals surface area contributed by atoms with Crippen molar-refractivity contribution in [2.75, 3.05) is 39.2 Å². The van der Waals surface area contributed by atoms with Crippen LogP contribution in [0.5, 0.6) is 11.5 Å². The normalized spacial score (nSPS) is 12.2. The predicted octanol–water partition coefficient (Wildman–Crippen LogP) is 2.68. The molecule has 152 valence electrons. The average Bonchev–Trinajstić information content (AvgIpc) is 2.70. The summed E-state index contributed by atoms with van der Waals surface area (Å²) in [6, 6.07) is 11.6. The van der Waals surface area contributed by atoms with Crippen LogP contribution >= 0.6 is 0 Å². The Balaban J connectivity index is 1.95. The zero-order valence-corrected chi connectivity index (χ0v) is 17.4. The number of aliphatic imine (C=N–C) groups is 1. The molecule has 1 heterocycles. The first-order chi connectivity index (χ1) is 13.5. The highest BCUT2D eigenvalue weighted by atomic mass is 16.5. The fraction of sp³-hybridized carbons (Fsp3) is 0.429. The van der Waals surface area contributed by atoms with Crippen LogP contribution < -0.4 is 25.0 Å². The van der Waals surface area contributed by atoms with E-state index in [0.29, 0.717) is 13.1 Å². The zero-order valence-electron chi connectivity index (χ0n) is 17.4. The van der Waals surface area contributed by atoms with Gasteiger partial charge in [-0.1, -0.05) is 12.1 Å². The van der Waals surface area contributed by atoms with Gasteiger partial charge in [-0.15, -0.1) is 0 Å². The van der Waals surface area contributed by atoms with E-state index in [4.69, 9.17) is 9.47 Å². The molecule has 2 aromatic rings. The van der Waals surface area contributed by atoms with E-state index >= 15 is 0 Å². The molecule has 1 atom stereocenters. The Morgan fingerprint density at radius 2 is 1.96 bits per heavy atom. The molecule has 0 aliphatic heterocycles. The molecular weight excluding hydrogens is 354 g/mol. The highest BCUT2D eigenvalue weighted by molar-refractivity contribution is 5.79. The maximum atomic E-state index is 5.96. The molecule has 2 N–H and O–H groups in total. The van der Waals surface area contributed by atoms with Crippen LogP contribution in [0.1, 0.15) is 19.4 Å². The van der Waals surface area contributed by atoms with Gasteiger partial charge in [-0.2, -0.15) is 0 Å². The summed E-state index contributed by atoms with van der Waals surface area (Å²) in [6.07, 6.45) is 1.76. The van der Waals surface area contributed by atoms with E-state index in [1.54, 1.807) is 13.3 Å². The average molecular weight is 386 g/mol. The van der Waals surface area contributed by atoms with Gasteiger partial charge in [0.25, 0.3) is 0 Å². The number of pyridine rings is 1. The predicted molar refractivity (Wildman–Crippen MR) is 114 cm³/mol. The number of hydrogen-bond donors (Lipinski definition) is 2. The van der Waals surface area contributed by atoms with Gasteiger partial charge < -0.3 is 25.0 Å². The van der Waals surface area contributed by atoms with E-state index < -0.39 is 0 Å². The standard InChI is InChI=1S/C21H31N5O2/c1-6-22-21(25-15-17-9-8-12-23-20(17)26(3)4)24-14-16(2)28-19-11-7-10-18(13-19)27-5/h7-13,16H,6,14-15H2,1-5H3,(H2,22,24,25). The number of hydrogen-bond acceptors (Lipinski definition) is 5. The first kappa shape index (κ1) is 21.3. The molecule has 0 aliphatic rings. The number of nitrogens with zero attached hydrogens (tertiary/aromatic N) is 3. The van der Waals surface area contributed by atoms with E-state index in [9.17, 15) is 0 Å². The second-order valence-corrected chi connectivity index (χ2v) is 6.56. The van der Waals surface area contributed by atoms with Crippen molar-refractivity contribution >= 4 is 11.8 Å². The van der Waals surface area contributed by atoms with Gasteiger partial charge in [0.05, 0.1) is 20.2 Å². The third-order valence-corrected chi connectivity index (χ3v) is 3.98. The number of nitrogens with one attached hydrogen (secondary N) is 2. The van der Waals surface area contributed by atoms with E-state index in [1.165, 1.54) is 0 Å². The summed E-state index contributed by atoms with van der Waals surface area (Å²) in [5.74, 6) is 3.23. The summed E-state index contributed by atoms with van der Waals surface area (Å²) >= 11 is 0. The second-order valence-electron chi connectivity index (χ2n) is 6.56. The lowest BCUT2D eigenvalue weighted by Crippen LogP contribution is -2.41. The summed E-state index contributed by atoms with van der Waals surface area (Å²) < 4.78 is 11.2. The molecule has 0 radical (unpaired) electrons. The highest BCUT2D eigenvalue weighted by Gasteiger charge is 2.08. The van der Waals surface area contributed by atoms with E-state index in [0.717, 1.165) is 35.4 Å². The van der Waals surface area contributed by atoms with E-state index in [-0.39, 0.29) is 6.10 Å². The molecule has 0 amide bonds. The highest BCUT2D eigenvalue weighted by Crippen LogP contribution is 2.19. The van der Waals surface area contributed by atoms with Gasteiger partial charge in [0.2, 0.25) is 0 Å². The molecule has 0 fully saturated rings. The van der Waals surface area contributed by atoms with Crippen molar-refractivity contribution in [1.82, 2.24) is 15.6 Å². The van der Waals surface area contributed by atoms with Crippen LogP contribution in [-0.2, 0) is 6.54 Å². The van der Waals surface area contributed by atoms with Gasteiger partial charge in [-0.25, -0.2) is 9.98 Å². The Morgan fingerprint density at radius 3 is 2.68 bits per heavy atom. The lowest BCUT2D eigenvalue weighted by atomic mass is 10.2. The molecule has 0 spiro atoms. The minimum Gasteiger partial charge on any atom is -0.497 e. The van der Waals surface area contributed by atoms with Crippen LogP contribution in [0, 0.1) is 0 Å². The SMILES string of the molecule is CCNC(=NCc1cccnc1N(C)C)NCC(C)Oc1cccc(OC)c1. The molecule has 28 heavy (non-hydrogen) atoms. The number of benzene rings is 1. The van der Waals surface area contributed by atoms with Crippen molar-refractivity contribution in [3.63, 3.8) is 0 Å². The minimum absolute atomic E-state index is 0.0355. The van der Waals surface area contributed by atoms with Gasteiger partial charge in [-0.3, -0.25) is 0 Å². The fourth-order valence-electron chi connectivity index (χ4n) is 2.65. The van der Waals surface area contributed by atoms with Crippen LogP contribution in [0.2, 0.25) is 0 Å². The number of methoxy groups -OCH3 is 1. The molecule has 0 aliphatic carbocycles. The fourth-order valence-corrected chi connectivity index (χ4v) is 2.65. The number of guanidine groups is 1. The van der Waals surface area contributed by atoms with Crippen molar-refractivity contribution < 1.29 is 9.47 Å². The number of rotatable bonds is 9. The van der Waals surface area contributed by atoms with Crippen LogP contribution in [0.25, 0.3) is 0 Å². The van der Waals surface area contributed by atoms with Gasteiger partial charge in [0.15, 0.2) is 5.96 Å². The smallest absolute Gasteiger partial charge is 0.191 e. The van der Waals surface area contributed by atoms with Crippen molar-refractivity contribution in [1.29, 1.82) is 0 Å². The molecule has 2 rings (SSSR count). The molecule has 1 aromatic carbocycles. The van der Waals surface area contributed by atoms with Gasteiger partial charge in [0, 0.05) is 38.5 Å². The first-order valence-electron chi connectivity index (χ1n) is 9.47. The Kier molecular flexibility index (Phi) is 8.39. The zero-order chi connectivity index (χ0) is 20.4. The molecule has 7 heteroatoms. The first-order valence-corrected chi connectivity index (χ1v) is 9.47.